The van der Waals surface area contributed by atoms with E-state index in [0.717, 1.165) is 12.1 Å². The first kappa shape index (κ1) is 15.3. The van der Waals surface area contributed by atoms with Gasteiger partial charge in [0.1, 0.15) is 0 Å². The van der Waals surface area contributed by atoms with Crippen molar-refractivity contribution in [1.82, 2.24) is 0 Å². The Morgan fingerprint density at radius 3 is 2.60 bits per heavy atom. The maximum Gasteiger partial charge on any atom is 0.416 e. The molecule has 1 aromatic rings. The highest BCUT2D eigenvalue weighted by Crippen LogP contribution is 2.40. The van der Waals surface area contributed by atoms with Crippen molar-refractivity contribution in [2.75, 3.05) is 0 Å². The minimum Gasteiger partial charge on any atom is -0.481 e. The van der Waals surface area contributed by atoms with Gasteiger partial charge in [-0.05, 0) is 30.5 Å². The lowest BCUT2D eigenvalue weighted by Gasteiger charge is -2.30. The number of carboxylic acid groups (broad SMARTS) is 1. The van der Waals surface area contributed by atoms with Gasteiger partial charge in [-0.2, -0.15) is 13.2 Å². The largest absolute Gasteiger partial charge is 0.481 e. The number of carbonyl (C=O) groups excluding carboxylic acids is 1. The molecule has 0 bridgehead atoms. The Bertz CT molecular complexity index is 583. The molecule has 0 heterocycles. The molecule has 0 aromatic heterocycles. The van der Waals surface area contributed by atoms with Gasteiger partial charge in [0.25, 0.3) is 0 Å². The predicted octanol–water partition coefficient (Wildman–Crippen LogP) is 3.48. The molecule has 7 heteroatoms. The molecule has 1 aromatic carbocycles. The molecule has 0 saturated heterocycles. The number of alkyl halides is 4. The number of rotatable bonds is 2. The average Bonchev–Trinajstić information content (AvgIpc) is 2.32. The number of carboxylic acids is 1. The third-order valence-corrected chi connectivity index (χ3v) is 4.72. The topological polar surface area (TPSA) is 54.4 Å². The van der Waals surface area contributed by atoms with Gasteiger partial charge < -0.3 is 5.11 Å². The molecule has 108 valence electrons. The van der Waals surface area contributed by atoms with Gasteiger partial charge in [-0.1, -0.05) is 28.7 Å². The summed E-state index contributed by atoms with van der Waals surface area (Å²) in [7, 11) is 0. The van der Waals surface area contributed by atoms with E-state index in [1.54, 1.807) is 22.6 Å². The Morgan fingerprint density at radius 2 is 2.05 bits per heavy atom. The summed E-state index contributed by atoms with van der Waals surface area (Å²) in [5.41, 5.74) is -0.358. The molecule has 0 aliphatic heterocycles. The van der Waals surface area contributed by atoms with Crippen LogP contribution in [0.3, 0.4) is 0 Å². The van der Waals surface area contributed by atoms with Crippen molar-refractivity contribution >= 4 is 34.3 Å². The molecule has 1 aliphatic rings. The lowest BCUT2D eigenvalue weighted by molar-refractivity contribution is -0.138. The van der Waals surface area contributed by atoms with E-state index in [0.29, 0.717) is 18.4 Å². The minimum absolute atomic E-state index is 0.0123. The first-order valence-electron chi connectivity index (χ1n) is 5.79. The summed E-state index contributed by atoms with van der Waals surface area (Å²) in [4.78, 5) is 23.1. The standard InChI is InChI=1S/C13H10F3IO3/c14-13(15,16)8-2-1-7-3-4-12(17,6-10(18)19)11(20)9(7)5-8/h1-2,5H,3-4,6H2,(H,18,19). The molecular weight excluding hydrogens is 388 g/mol. The molecule has 0 fully saturated rings. The number of aliphatic carboxylic acids is 1. The van der Waals surface area contributed by atoms with E-state index in [2.05, 4.69) is 0 Å². The zero-order chi connectivity index (χ0) is 15.1. The van der Waals surface area contributed by atoms with Crippen LogP contribution in [0.2, 0.25) is 0 Å². The van der Waals surface area contributed by atoms with Gasteiger partial charge in [-0.25, -0.2) is 0 Å². The number of hydrogen-bond donors (Lipinski definition) is 1. The average molecular weight is 398 g/mol. The van der Waals surface area contributed by atoms with Gasteiger partial charge in [0, 0.05) is 5.56 Å². The summed E-state index contributed by atoms with van der Waals surface area (Å²) in [6.07, 6.45) is -4.19. The van der Waals surface area contributed by atoms with E-state index in [1.165, 1.54) is 6.07 Å². The van der Waals surface area contributed by atoms with Crippen LogP contribution in [-0.2, 0) is 17.4 Å². The molecule has 1 atom stereocenters. The Hall–Kier alpha value is -1.12. The maximum atomic E-state index is 12.7. The number of Topliss-reactive ketones (excluding diaryl/α,β-unsaturated/α-hetero) is 1. The van der Waals surface area contributed by atoms with Gasteiger partial charge in [-0.3, -0.25) is 9.59 Å². The number of carbonyl (C=O) groups is 2. The molecule has 1 N–H and O–H groups in total. The Morgan fingerprint density at radius 1 is 1.40 bits per heavy atom. The van der Waals surface area contributed by atoms with E-state index in [-0.39, 0.29) is 12.0 Å². The van der Waals surface area contributed by atoms with E-state index in [1.807, 2.05) is 0 Å². The second-order valence-corrected chi connectivity index (χ2v) is 6.80. The van der Waals surface area contributed by atoms with Crippen LogP contribution < -0.4 is 0 Å². The number of ketones is 1. The highest BCUT2D eigenvalue weighted by molar-refractivity contribution is 14.1. The van der Waals surface area contributed by atoms with Crippen LogP contribution in [0.15, 0.2) is 18.2 Å². The zero-order valence-electron chi connectivity index (χ0n) is 10.1. The Kier molecular flexibility index (Phi) is 3.83. The maximum absolute atomic E-state index is 12.7. The fraction of sp³-hybridized carbons (Fsp3) is 0.385. The number of halogens is 4. The first-order chi connectivity index (χ1) is 9.13. The summed E-state index contributed by atoms with van der Waals surface area (Å²) < 4.78 is 36.9. The highest BCUT2D eigenvalue weighted by Gasteiger charge is 2.43. The smallest absolute Gasteiger partial charge is 0.416 e. The Balaban J connectivity index is 2.45. The van der Waals surface area contributed by atoms with Crippen LogP contribution in [0.1, 0.15) is 34.3 Å². The third-order valence-electron chi connectivity index (χ3n) is 3.31. The van der Waals surface area contributed by atoms with Crippen LogP contribution in [0.5, 0.6) is 0 Å². The summed E-state index contributed by atoms with van der Waals surface area (Å²) >= 11 is 1.75. The summed E-state index contributed by atoms with van der Waals surface area (Å²) in [5.74, 6) is -1.67. The molecule has 0 saturated carbocycles. The lowest BCUT2D eigenvalue weighted by Crippen LogP contribution is -2.39. The second kappa shape index (κ2) is 5.01. The molecule has 1 unspecified atom stereocenters. The van der Waals surface area contributed by atoms with Crippen LogP contribution in [0.25, 0.3) is 0 Å². The van der Waals surface area contributed by atoms with Crippen molar-refractivity contribution < 1.29 is 27.9 Å². The van der Waals surface area contributed by atoms with Crippen molar-refractivity contribution in [2.24, 2.45) is 0 Å². The predicted molar refractivity (Wildman–Crippen MR) is 73.1 cm³/mol. The molecular formula is C13H10F3IO3. The van der Waals surface area contributed by atoms with E-state index in [4.69, 9.17) is 5.11 Å². The number of fused-ring (bicyclic) bond motifs is 1. The van der Waals surface area contributed by atoms with Gasteiger partial charge >= 0.3 is 12.1 Å². The summed E-state index contributed by atoms with van der Waals surface area (Å²) in [6, 6.07) is 3.07. The Labute approximate surface area is 126 Å². The van der Waals surface area contributed by atoms with E-state index in [9.17, 15) is 22.8 Å². The third kappa shape index (κ3) is 2.82. The second-order valence-electron chi connectivity index (χ2n) is 4.73. The molecule has 2 rings (SSSR count). The van der Waals surface area contributed by atoms with Gasteiger partial charge in [0.15, 0.2) is 5.78 Å². The van der Waals surface area contributed by atoms with Crippen LogP contribution in [0, 0.1) is 0 Å². The van der Waals surface area contributed by atoms with Gasteiger partial charge in [0.2, 0.25) is 0 Å². The number of aryl methyl sites for hydroxylation is 1. The summed E-state index contributed by atoms with van der Waals surface area (Å²) in [5, 5.41) is 8.84. The first-order valence-corrected chi connectivity index (χ1v) is 6.87. The van der Waals surface area contributed by atoms with Gasteiger partial charge in [0.05, 0.1) is 15.4 Å². The molecule has 3 nitrogen and oxygen atoms in total. The van der Waals surface area contributed by atoms with Crippen LogP contribution in [0.4, 0.5) is 13.2 Å². The van der Waals surface area contributed by atoms with Crippen molar-refractivity contribution in [3.05, 3.63) is 34.9 Å². The van der Waals surface area contributed by atoms with Crippen LogP contribution in [-0.4, -0.2) is 20.3 Å². The molecule has 1 aliphatic carbocycles. The fourth-order valence-corrected chi connectivity index (χ4v) is 3.16. The zero-order valence-corrected chi connectivity index (χ0v) is 12.3. The lowest BCUT2D eigenvalue weighted by atomic mass is 9.80. The SMILES string of the molecule is O=C(O)CC1(I)CCc2ccc(C(F)(F)F)cc2C1=O. The molecule has 0 radical (unpaired) electrons. The fourth-order valence-electron chi connectivity index (χ4n) is 2.28. The normalized spacial score (nSPS) is 22.5. The molecule has 20 heavy (non-hydrogen) atoms. The van der Waals surface area contributed by atoms with E-state index >= 15 is 0 Å². The molecule has 0 amide bonds. The van der Waals surface area contributed by atoms with Gasteiger partial charge in [-0.15, -0.1) is 0 Å². The van der Waals surface area contributed by atoms with Crippen molar-refractivity contribution in [2.45, 2.75) is 28.9 Å². The molecule has 0 spiro atoms. The summed E-state index contributed by atoms with van der Waals surface area (Å²) in [6.45, 7) is 0. The van der Waals surface area contributed by atoms with E-state index < -0.39 is 26.9 Å². The van der Waals surface area contributed by atoms with Crippen molar-refractivity contribution in [3.8, 4) is 0 Å². The van der Waals surface area contributed by atoms with Crippen LogP contribution >= 0.6 is 22.6 Å². The highest BCUT2D eigenvalue weighted by atomic mass is 127. The number of hydrogen-bond acceptors (Lipinski definition) is 2. The van der Waals surface area contributed by atoms with Crippen molar-refractivity contribution in [3.63, 3.8) is 0 Å². The number of benzene rings is 1. The quantitative estimate of drug-likeness (QED) is 0.613. The van der Waals surface area contributed by atoms with Crippen molar-refractivity contribution in [1.29, 1.82) is 0 Å². The minimum atomic E-state index is -4.52. The monoisotopic (exact) mass is 398 g/mol.